The van der Waals surface area contributed by atoms with Crippen molar-refractivity contribution in [3.8, 4) is 5.75 Å². The third kappa shape index (κ3) is 6.29. The van der Waals surface area contributed by atoms with E-state index in [0.29, 0.717) is 23.5 Å². The van der Waals surface area contributed by atoms with Crippen molar-refractivity contribution in [1.29, 1.82) is 0 Å². The van der Waals surface area contributed by atoms with Crippen LogP contribution in [0.15, 0.2) is 36.7 Å². The second-order valence-corrected chi connectivity index (χ2v) is 9.49. The number of anilines is 1. The van der Waals surface area contributed by atoms with Gasteiger partial charge in [0, 0.05) is 36.0 Å². The van der Waals surface area contributed by atoms with Gasteiger partial charge >= 0.3 is 0 Å². The Labute approximate surface area is 190 Å². The van der Waals surface area contributed by atoms with Crippen LogP contribution < -0.4 is 15.4 Å². The first-order valence-electron chi connectivity index (χ1n) is 11.1. The number of para-hydroxylation sites is 1. The van der Waals surface area contributed by atoms with Crippen molar-refractivity contribution in [1.82, 2.24) is 15.2 Å². The number of hydrogen-bond acceptors (Lipinski definition) is 5. The largest absolute Gasteiger partial charge is 0.494 e. The first-order chi connectivity index (χ1) is 15.2. The summed E-state index contributed by atoms with van der Waals surface area (Å²) in [6.45, 7) is 10.3. The predicted octanol–water partition coefficient (Wildman–Crippen LogP) is 3.78. The number of likely N-dealkylation sites (tertiary alicyclic amines) is 1. The second-order valence-electron chi connectivity index (χ2n) is 9.49. The molecule has 1 fully saturated rings. The summed E-state index contributed by atoms with van der Waals surface area (Å²) in [6.07, 6.45) is 4.94. The van der Waals surface area contributed by atoms with E-state index >= 15 is 0 Å². The molecule has 0 unspecified atom stereocenters. The molecule has 1 aliphatic heterocycles. The zero-order valence-corrected chi connectivity index (χ0v) is 19.7. The number of carbonyl (C=O) groups is 2. The van der Waals surface area contributed by atoms with E-state index in [1.54, 1.807) is 25.6 Å². The fourth-order valence-electron chi connectivity index (χ4n) is 3.99. The van der Waals surface area contributed by atoms with Crippen molar-refractivity contribution in [2.75, 3.05) is 25.5 Å². The SMILES string of the molecule is COc1c(CN2CCC(C(=O)NC(C)(C)C)CC2)cccc1NC(=O)c1cncc(C)c1. The highest BCUT2D eigenvalue weighted by atomic mass is 16.5. The minimum atomic E-state index is -0.220. The molecule has 1 aromatic carbocycles. The summed E-state index contributed by atoms with van der Waals surface area (Å²) in [7, 11) is 1.62. The number of ether oxygens (including phenoxy) is 1. The molecule has 0 bridgehead atoms. The third-order valence-corrected chi connectivity index (χ3v) is 5.54. The Bertz CT molecular complexity index is 960. The fourth-order valence-corrected chi connectivity index (χ4v) is 3.99. The topological polar surface area (TPSA) is 83.6 Å². The van der Waals surface area contributed by atoms with Gasteiger partial charge in [-0.05, 0) is 71.3 Å². The average Bonchev–Trinajstić information content (AvgIpc) is 2.73. The number of methoxy groups -OCH3 is 1. The number of aryl methyl sites for hydroxylation is 1. The zero-order valence-electron chi connectivity index (χ0n) is 19.7. The lowest BCUT2D eigenvalue weighted by molar-refractivity contribution is -0.127. The number of pyridine rings is 1. The van der Waals surface area contributed by atoms with Crippen LogP contribution >= 0.6 is 0 Å². The van der Waals surface area contributed by atoms with Crippen molar-refractivity contribution >= 4 is 17.5 Å². The number of nitrogens with zero attached hydrogens (tertiary/aromatic N) is 2. The van der Waals surface area contributed by atoms with E-state index in [1.807, 2.05) is 45.9 Å². The smallest absolute Gasteiger partial charge is 0.257 e. The lowest BCUT2D eigenvalue weighted by Gasteiger charge is -2.33. The van der Waals surface area contributed by atoms with E-state index in [9.17, 15) is 9.59 Å². The van der Waals surface area contributed by atoms with E-state index < -0.39 is 0 Å². The van der Waals surface area contributed by atoms with Crippen LogP contribution in [0.25, 0.3) is 0 Å². The van der Waals surface area contributed by atoms with Gasteiger partial charge in [0.05, 0.1) is 18.4 Å². The molecule has 0 aliphatic carbocycles. The van der Waals surface area contributed by atoms with Crippen LogP contribution in [0.5, 0.6) is 5.75 Å². The number of amides is 2. The molecule has 32 heavy (non-hydrogen) atoms. The van der Waals surface area contributed by atoms with Gasteiger partial charge < -0.3 is 15.4 Å². The molecular weight excluding hydrogens is 404 g/mol. The molecule has 1 aromatic heterocycles. The molecule has 1 aliphatic rings. The highest BCUT2D eigenvalue weighted by molar-refractivity contribution is 6.05. The number of rotatable bonds is 6. The lowest BCUT2D eigenvalue weighted by atomic mass is 9.94. The van der Waals surface area contributed by atoms with E-state index in [2.05, 4.69) is 20.5 Å². The Balaban J connectivity index is 1.64. The van der Waals surface area contributed by atoms with E-state index in [0.717, 1.165) is 37.1 Å². The van der Waals surface area contributed by atoms with Crippen LogP contribution in [-0.4, -0.2) is 47.4 Å². The molecular formula is C25H34N4O3. The van der Waals surface area contributed by atoms with E-state index in [-0.39, 0.29) is 23.3 Å². The minimum Gasteiger partial charge on any atom is -0.494 e. The highest BCUT2D eigenvalue weighted by Gasteiger charge is 2.27. The van der Waals surface area contributed by atoms with Gasteiger partial charge in [-0.1, -0.05) is 12.1 Å². The highest BCUT2D eigenvalue weighted by Crippen LogP contribution is 2.31. The maximum absolute atomic E-state index is 12.7. The molecule has 0 radical (unpaired) electrons. The molecule has 3 rings (SSSR count). The summed E-state index contributed by atoms with van der Waals surface area (Å²) in [6, 6.07) is 7.58. The predicted molar refractivity (Wildman–Crippen MR) is 126 cm³/mol. The minimum absolute atomic E-state index is 0.0564. The first kappa shape index (κ1) is 23.7. The maximum atomic E-state index is 12.7. The number of carbonyl (C=O) groups excluding carboxylic acids is 2. The molecule has 0 spiro atoms. The number of hydrogen-bond donors (Lipinski definition) is 2. The van der Waals surface area contributed by atoms with Crippen molar-refractivity contribution < 1.29 is 14.3 Å². The molecule has 2 amide bonds. The van der Waals surface area contributed by atoms with Gasteiger partial charge in [0.1, 0.15) is 5.75 Å². The van der Waals surface area contributed by atoms with Crippen LogP contribution in [0.1, 0.15) is 55.1 Å². The second kappa shape index (κ2) is 10.1. The summed E-state index contributed by atoms with van der Waals surface area (Å²) in [5.41, 5.74) is 2.87. The average molecular weight is 439 g/mol. The fraction of sp³-hybridized carbons (Fsp3) is 0.480. The van der Waals surface area contributed by atoms with Crippen LogP contribution in [0, 0.1) is 12.8 Å². The van der Waals surface area contributed by atoms with Crippen molar-refractivity contribution in [2.24, 2.45) is 5.92 Å². The Morgan fingerprint density at radius 1 is 1.19 bits per heavy atom. The molecule has 2 N–H and O–H groups in total. The molecule has 1 saturated heterocycles. The summed E-state index contributed by atoms with van der Waals surface area (Å²) in [5, 5.41) is 6.04. The number of nitrogens with one attached hydrogen (secondary N) is 2. The summed E-state index contributed by atoms with van der Waals surface area (Å²) < 4.78 is 5.67. The number of benzene rings is 1. The Morgan fingerprint density at radius 2 is 1.91 bits per heavy atom. The van der Waals surface area contributed by atoms with Gasteiger partial charge in [-0.15, -0.1) is 0 Å². The van der Waals surface area contributed by atoms with Gasteiger partial charge in [0.15, 0.2) is 0 Å². The normalized spacial score (nSPS) is 15.3. The van der Waals surface area contributed by atoms with Crippen LogP contribution in [0.4, 0.5) is 5.69 Å². The summed E-state index contributed by atoms with van der Waals surface area (Å²) >= 11 is 0. The maximum Gasteiger partial charge on any atom is 0.257 e. The van der Waals surface area contributed by atoms with Gasteiger partial charge in [-0.2, -0.15) is 0 Å². The number of piperidine rings is 1. The molecule has 0 saturated carbocycles. The first-order valence-corrected chi connectivity index (χ1v) is 11.1. The van der Waals surface area contributed by atoms with Crippen molar-refractivity contribution in [3.05, 3.63) is 53.3 Å². The van der Waals surface area contributed by atoms with Crippen molar-refractivity contribution in [3.63, 3.8) is 0 Å². The standard InChI is InChI=1S/C25H34N4O3/c1-17-13-20(15-26-14-17)23(30)27-21-8-6-7-19(22(21)32-5)16-29-11-9-18(10-12-29)24(31)28-25(2,3)4/h6-8,13-15,18H,9-12,16H2,1-5H3,(H,27,30)(H,28,31). The monoisotopic (exact) mass is 438 g/mol. The Morgan fingerprint density at radius 3 is 2.53 bits per heavy atom. The molecule has 7 heteroatoms. The molecule has 0 atom stereocenters. The lowest BCUT2D eigenvalue weighted by Crippen LogP contribution is -2.46. The quantitative estimate of drug-likeness (QED) is 0.717. The Kier molecular flexibility index (Phi) is 7.51. The van der Waals surface area contributed by atoms with Gasteiger partial charge in [0.25, 0.3) is 5.91 Å². The van der Waals surface area contributed by atoms with E-state index in [1.165, 1.54) is 0 Å². The third-order valence-electron chi connectivity index (χ3n) is 5.54. The van der Waals surface area contributed by atoms with Gasteiger partial charge in [0.2, 0.25) is 5.91 Å². The molecule has 2 heterocycles. The summed E-state index contributed by atoms with van der Waals surface area (Å²) in [5.74, 6) is 0.641. The zero-order chi connectivity index (χ0) is 23.3. The van der Waals surface area contributed by atoms with Crippen LogP contribution in [0.3, 0.4) is 0 Å². The number of aromatic nitrogens is 1. The van der Waals surface area contributed by atoms with Gasteiger partial charge in [-0.25, -0.2) is 0 Å². The molecule has 7 nitrogen and oxygen atoms in total. The molecule has 2 aromatic rings. The van der Waals surface area contributed by atoms with E-state index in [4.69, 9.17) is 4.74 Å². The van der Waals surface area contributed by atoms with Gasteiger partial charge in [-0.3, -0.25) is 19.5 Å². The molecule has 172 valence electrons. The van der Waals surface area contributed by atoms with Crippen LogP contribution in [0.2, 0.25) is 0 Å². The Hall–Kier alpha value is -2.93. The van der Waals surface area contributed by atoms with Crippen LogP contribution in [-0.2, 0) is 11.3 Å². The van der Waals surface area contributed by atoms with Crippen molar-refractivity contribution in [2.45, 2.75) is 52.6 Å². The summed E-state index contributed by atoms with van der Waals surface area (Å²) in [4.78, 5) is 31.6.